The van der Waals surface area contributed by atoms with E-state index in [-0.39, 0.29) is 12.5 Å². The number of aliphatic hydroxyl groups is 1. The maximum absolute atomic E-state index is 9.32. The summed E-state index contributed by atoms with van der Waals surface area (Å²) in [5.41, 5.74) is 0. The summed E-state index contributed by atoms with van der Waals surface area (Å²) in [6, 6.07) is 0. The molecule has 3 nitrogen and oxygen atoms in total. The molecule has 104 valence electrons. The largest absolute Gasteiger partial charge is 0.396 e. The summed E-state index contributed by atoms with van der Waals surface area (Å²) in [7, 11) is 0. The molecule has 0 radical (unpaired) electrons. The first-order chi connectivity index (χ1) is 8.26. The van der Waals surface area contributed by atoms with Gasteiger partial charge >= 0.3 is 0 Å². The van der Waals surface area contributed by atoms with Gasteiger partial charge in [-0.15, -0.1) is 0 Å². The molecule has 17 heavy (non-hydrogen) atoms. The average Bonchev–Trinajstić information content (AvgIpc) is 2.34. The van der Waals surface area contributed by atoms with Crippen LogP contribution in [0.15, 0.2) is 0 Å². The molecule has 0 spiro atoms. The third kappa shape index (κ3) is 9.57. The maximum atomic E-state index is 9.32. The highest BCUT2D eigenvalue weighted by Gasteiger charge is 2.16. The van der Waals surface area contributed by atoms with Crippen molar-refractivity contribution in [2.24, 2.45) is 11.8 Å². The zero-order chi connectivity index (χ0) is 12.9. The lowest BCUT2D eigenvalue weighted by atomic mass is 9.96. The lowest BCUT2D eigenvalue weighted by Gasteiger charge is -2.21. The normalized spacial score (nSPS) is 14.8. The smallest absolute Gasteiger partial charge is 0.0519 e. The van der Waals surface area contributed by atoms with Crippen molar-refractivity contribution in [2.75, 3.05) is 33.0 Å². The van der Waals surface area contributed by atoms with Crippen LogP contribution in [0.5, 0.6) is 0 Å². The van der Waals surface area contributed by atoms with Gasteiger partial charge in [0.1, 0.15) is 0 Å². The molecule has 0 aliphatic heterocycles. The van der Waals surface area contributed by atoms with Crippen LogP contribution in [0.25, 0.3) is 0 Å². The lowest BCUT2D eigenvalue weighted by Crippen LogP contribution is -2.25. The first kappa shape index (κ1) is 16.9. The van der Waals surface area contributed by atoms with Gasteiger partial charge in [0.15, 0.2) is 0 Å². The summed E-state index contributed by atoms with van der Waals surface area (Å²) in [5.74, 6) is 0.562. The van der Waals surface area contributed by atoms with Gasteiger partial charge in [0.2, 0.25) is 0 Å². The Morgan fingerprint density at radius 1 is 0.941 bits per heavy atom. The molecule has 2 atom stereocenters. The molecule has 0 aromatic heterocycles. The van der Waals surface area contributed by atoms with Crippen LogP contribution in [-0.4, -0.2) is 38.1 Å². The summed E-state index contributed by atoms with van der Waals surface area (Å²) in [6.45, 7) is 9.62. The van der Waals surface area contributed by atoms with E-state index in [0.717, 1.165) is 45.5 Å². The molecule has 3 heteroatoms. The molecule has 0 rings (SSSR count). The summed E-state index contributed by atoms with van der Waals surface area (Å²) < 4.78 is 11.1. The molecule has 0 bridgehead atoms. The first-order valence-electron chi connectivity index (χ1n) is 7.02. The van der Waals surface area contributed by atoms with E-state index in [4.69, 9.17) is 9.47 Å². The van der Waals surface area contributed by atoms with Crippen molar-refractivity contribution >= 4 is 0 Å². The Morgan fingerprint density at radius 3 is 1.94 bits per heavy atom. The highest BCUT2D eigenvalue weighted by atomic mass is 16.5. The molecule has 0 amide bonds. The number of hydrogen-bond donors (Lipinski definition) is 1. The van der Waals surface area contributed by atoms with Crippen LogP contribution >= 0.6 is 0 Å². The zero-order valence-electron chi connectivity index (χ0n) is 11.8. The third-order valence-electron chi connectivity index (χ3n) is 3.04. The fraction of sp³-hybridized carbons (Fsp3) is 1.00. The Labute approximate surface area is 107 Å². The molecule has 0 saturated carbocycles. The third-order valence-corrected chi connectivity index (χ3v) is 3.04. The van der Waals surface area contributed by atoms with E-state index in [2.05, 4.69) is 20.8 Å². The molecular weight excluding hydrogens is 216 g/mol. The number of hydrogen-bond acceptors (Lipinski definition) is 3. The van der Waals surface area contributed by atoms with Gasteiger partial charge in [-0.3, -0.25) is 0 Å². The van der Waals surface area contributed by atoms with E-state index in [0.29, 0.717) is 12.5 Å². The van der Waals surface area contributed by atoms with E-state index >= 15 is 0 Å². The molecule has 0 saturated heterocycles. The Balaban J connectivity index is 3.60. The van der Waals surface area contributed by atoms with Crippen molar-refractivity contribution in [3.63, 3.8) is 0 Å². The SMILES string of the molecule is CCCCOCC(C)C(CO)COCCCC. The van der Waals surface area contributed by atoms with Gasteiger partial charge in [-0.05, 0) is 18.8 Å². The second-order valence-electron chi connectivity index (χ2n) is 4.78. The molecule has 0 aromatic rings. The van der Waals surface area contributed by atoms with E-state index in [9.17, 15) is 5.11 Å². The number of rotatable bonds is 12. The van der Waals surface area contributed by atoms with Crippen LogP contribution in [0.2, 0.25) is 0 Å². The molecule has 0 aromatic carbocycles. The van der Waals surface area contributed by atoms with E-state index in [1.54, 1.807) is 0 Å². The van der Waals surface area contributed by atoms with Crippen LogP contribution in [0.4, 0.5) is 0 Å². The van der Waals surface area contributed by atoms with Crippen molar-refractivity contribution < 1.29 is 14.6 Å². The summed E-state index contributed by atoms with van der Waals surface area (Å²) in [4.78, 5) is 0. The fourth-order valence-corrected chi connectivity index (χ4v) is 1.53. The van der Waals surface area contributed by atoms with Gasteiger partial charge in [0.25, 0.3) is 0 Å². The quantitative estimate of drug-likeness (QED) is 0.538. The van der Waals surface area contributed by atoms with Gasteiger partial charge in [0, 0.05) is 32.3 Å². The van der Waals surface area contributed by atoms with Crippen molar-refractivity contribution in [3.8, 4) is 0 Å². The average molecular weight is 246 g/mol. The molecular formula is C14H30O3. The fourth-order valence-electron chi connectivity index (χ4n) is 1.53. The highest BCUT2D eigenvalue weighted by molar-refractivity contribution is 4.64. The molecule has 2 unspecified atom stereocenters. The van der Waals surface area contributed by atoms with Crippen LogP contribution in [0.1, 0.15) is 46.5 Å². The van der Waals surface area contributed by atoms with Gasteiger partial charge < -0.3 is 14.6 Å². The number of unbranched alkanes of at least 4 members (excludes halogenated alkanes) is 2. The van der Waals surface area contributed by atoms with Crippen molar-refractivity contribution in [1.29, 1.82) is 0 Å². The number of aliphatic hydroxyl groups excluding tert-OH is 1. The molecule has 0 fully saturated rings. The van der Waals surface area contributed by atoms with Crippen LogP contribution in [0.3, 0.4) is 0 Å². The Hall–Kier alpha value is -0.120. The molecule has 0 aliphatic carbocycles. The summed E-state index contributed by atoms with van der Waals surface area (Å²) in [6.07, 6.45) is 4.53. The summed E-state index contributed by atoms with van der Waals surface area (Å²) >= 11 is 0. The number of ether oxygens (including phenoxy) is 2. The van der Waals surface area contributed by atoms with Crippen LogP contribution < -0.4 is 0 Å². The van der Waals surface area contributed by atoms with Crippen LogP contribution in [0, 0.1) is 11.8 Å². The molecule has 1 N–H and O–H groups in total. The van der Waals surface area contributed by atoms with Gasteiger partial charge in [-0.2, -0.15) is 0 Å². The minimum Gasteiger partial charge on any atom is -0.396 e. The predicted octanol–water partition coefficient (Wildman–Crippen LogP) is 2.86. The Morgan fingerprint density at radius 2 is 1.47 bits per heavy atom. The molecule has 0 aliphatic rings. The van der Waals surface area contributed by atoms with Gasteiger partial charge in [-0.1, -0.05) is 33.6 Å². The zero-order valence-corrected chi connectivity index (χ0v) is 11.8. The molecule has 0 heterocycles. The Kier molecular flexibility index (Phi) is 12.3. The van der Waals surface area contributed by atoms with Crippen LogP contribution in [-0.2, 0) is 9.47 Å². The maximum Gasteiger partial charge on any atom is 0.0519 e. The van der Waals surface area contributed by atoms with Crippen molar-refractivity contribution in [1.82, 2.24) is 0 Å². The van der Waals surface area contributed by atoms with E-state index in [1.807, 2.05) is 0 Å². The van der Waals surface area contributed by atoms with Crippen molar-refractivity contribution in [2.45, 2.75) is 46.5 Å². The van der Waals surface area contributed by atoms with Gasteiger partial charge in [0.05, 0.1) is 6.61 Å². The second kappa shape index (κ2) is 12.3. The van der Waals surface area contributed by atoms with E-state index in [1.165, 1.54) is 0 Å². The van der Waals surface area contributed by atoms with Crippen molar-refractivity contribution in [3.05, 3.63) is 0 Å². The monoisotopic (exact) mass is 246 g/mol. The minimum absolute atomic E-state index is 0.185. The summed E-state index contributed by atoms with van der Waals surface area (Å²) in [5, 5.41) is 9.32. The highest BCUT2D eigenvalue weighted by Crippen LogP contribution is 2.12. The van der Waals surface area contributed by atoms with E-state index < -0.39 is 0 Å². The topological polar surface area (TPSA) is 38.7 Å². The standard InChI is InChI=1S/C14H30O3/c1-4-6-8-16-11-13(3)14(10-15)12-17-9-7-5-2/h13-15H,4-12H2,1-3H3. The Bertz CT molecular complexity index is 150. The van der Waals surface area contributed by atoms with Gasteiger partial charge in [-0.25, -0.2) is 0 Å². The minimum atomic E-state index is 0.185. The first-order valence-corrected chi connectivity index (χ1v) is 7.02. The predicted molar refractivity (Wildman–Crippen MR) is 71.2 cm³/mol. The second-order valence-corrected chi connectivity index (χ2v) is 4.78. The lowest BCUT2D eigenvalue weighted by molar-refractivity contribution is 0.0147.